The van der Waals surface area contributed by atoms with E-state index in [9.17, 15) is 18.4 Å². The normalized spacial score (nSPS) is 21.7. The van der Waals surface area contributed by atoms with Gasteiger partial charge < -0.3 is 19.5 Å². The number of likely N-dealkylation sites (tertiary alicyclic amines) is 1. The van der Waals surface area contributed by atoms with E-state index in [-0.39, 0.29) is 36.5 Å². The van der Waals surface area contributed by atoms with Gasteiger partial charge in [0, 0.05) is 11.1 Å². The summed E-state index contributed by atoms with van der Waals surface area (Å²) in [6.07, 6.45) is 3.32. The number of carbonyl (C=O) groups excluding carboxylic acids is 2. The van der Waals surface area contributed by atoms with Crippen LogP contribution < -0.4 is 5.32 Å². The van der Waals surface area contributed by atoms with Crippen LogP contribution in [0.15, 0.2) is 59.7 Å². The first kappa shape index (κ1) is 29.7. The molecule has 2 aliphatic rings. The van der Waals surface area contributed by atoms with Gasteiger partial charge in [-0.15, -0.1) is 0 Å². The summed E-state index contributed by atoms with van der Waals surface area (Å²) in [5.41, 5.74) is 0.477. The number of nitrogens with one attached hydrogen (secondary N) is 1. The number of nitrogens with zero attached hydrogens (tertiary/aromatic N) is 1. The minimum absolute atomic E-state index is 0.0586. The summed E-state index contributed by atoms with van der Waals surface area (Å²) in [4.78, 5) is 28.8. The highest BCUT2D eigenvalue weighted by Gasteiger charge is 2.56. The lowest BCUT2D eigenvalue weighted by molar-refractivity contribution is -0.113. The van der Waals surface area contributed by atoms with E-state index in [0.717, 1.165) is 0 Å². The van der Waals surface area contributed by atoms with Crippen molar-refractivity contribution in [3.63, 3.8) is 0 Å². The van der Waals surface area contributed by atoms with Crippen LogP contribution in [0.4, 0.5) is 13.6 Å². The summed E-state index contributed by atoms with van der Waals surface area (Å²) < 4.78 is 39.5. The Morgan fingerprint density at radius 3 is 1.65 bits per heavy atom. The monoisotopic (exact) mass is 550 g/mol. The van der Waals surface area contributed by atoms with Crippen molar-refractivity contribution < 1.29 is 27.7 Å². The molecule has 0 radical (unpaired) electrons. The van der Waals surface area contributed by atoms with Gasteiger partial charge in [0.05, 0.1) is 30.2 Å². The Balaban J connectivity index is 1.65. The summed E-state index contributed by atoms with van der Waals surface area (Å²) in [6, 6.07) is 11.2. The number of halogens is 2. The molecule has 0 aliphatic carbocycles. The Morgan fingerprint density at radius 1 is 0.875 bits per heavy atom. The number of hydrogen-bond donors (Lipinski definition) is 1. The molecule has 0 saturated carbocycles. The average molecular weight is 550 g/mol. The number of amides is 2. The Labute approximate surface area is 235 Å². The second-order valence-corrected chi connectivity index (χ2v) is 12.5. The van der Waals surface area contributed by atoms with E-state index in [4.69, 9.17) is 9.31 Å². The molecular formula is C31H37BF2N2O4. The van der Waals surface area contributed by atoms with Crippen molar-refractivity contribution in [1.82, 2.24) is 10.2 Å². The molecule has 1 N–H and O–H groups in total. The minimum Gasteiger partial charge on any atom is -0.402 e. The number of urea groups is 1. The molecule has 9 heteroatoms. The van der Waals surface area contributed by atoms with Crippen LogP contribution in [0.5, 0.6) is 0 Å². The number of rotatable bonds is 4. The van der Waals surface area contributed by atoms with Gasteiger partial charge in [0.1, 0.15) is 11.6 Å². The zero-order valence-electron chi connectivity index (χ0n) is 24.2. The lowest BCUT2D eigenvalue weighted by Gasteiger charge is -2.36. The van der Waals surface area contributed by atoms with Crippen molar-refractivity contribution in [3.8, 4) is 0 Å². The highest BCUT2D eigenvalue weighted by atomic mass is 19.1. The maximum Gasteiger partial charge on any atom is 0.482 e. The Kier molecular flexibility index (Phi) is 8.12. The fourth-order valence-electron chi connectivity index (χ4n) is 4.65. The highest BCUT2D eigenvalue weighted by molar-refractivity contribution is 6.48. The Morgan fingerprint density at radius 2 is 1.27 bits per heavy atom. The lowest BCUT2D eigenvalue weighted by atomic mass is 9.64. The summed E-state index contributed by atoms with van der Waals surface area (Å²) in [7, 11) is -0.677. The number of ketones is 1. The molecule has 0 bridgehead atoms. The molecule has 2 fully saturated rings. The van der Waals surface area contributed by atoms with Crippen molar-refractivity contribution >= 4 is 31.1 Å². The molecule has 0 unspecified atom stereocenters. The number of piperidine rings is 1. The first-order chi connectivity index (χ1) is 18.6. The molecule has 2 heterocycles. The molecule has 212 valence electrons. The quantitative estimate of drug-likeness (QED) is 0.371. The zero-order chi connectivity index (χ0) is 29.5. The molecule has 1 atom stereocenters. The predicted octanol–water partition coefficient (Wildman–Crippen LogP) is 6.07. The van der Waals surface area contributed by atoms with Gasteiger partial charge in [-0.1, -0.05) is 45.0 Å². The highest BCUT2D eigenvalue weighted by Crippen LogP contribution is 2.40. The number of carbonyl (C=O) groups is 2. The van der Waals surface area contributed by atoms with E-state index in [1.165, 1.54) is 24.3 Å². The maximum absolute atomic E-state index is 13.8. The molecule has 2 saturated heterocycles. The third-order valence-electron chi connectivity index (χ3n) is 7.77. The van der Waals surface area contributed by atoms with Crippen LogP contribution in [0.3, 0.4) is 0 Å². The summed E-state index contributed by atoms with van der Waals surface area (Å²) >= 11 is 0. The predicted molar refractivity (Wildman–Crippen MR) is 153 cm³/mol. The van der Waals surface area contributed by atoms with Crippen LogP contribution in [0.1, 0.15) is 59.6 Å². The first-order valence-electron chi connectivity index (χ1n) is 13.4. The van der Waals surface area contributed by atoms with E-state index in [0.29, 0.717) is 22.3 Å². The van der Waals surface area contributed by atoms with Crippen LogP contribution >= 0.6 is 0 Å². The minimum atomic E-state index is -0.677. The third kappa shape index (κ3) is 6.53. The maximum atomic E-state index is 13.8. The number of hydrogen-bond acceptors (Lipinski definition) is 4. The second-order valence-electron chi connectivity index (χ2n) is 12.5. The fraction of sp³-hybridized carbons (Fsp3) is 0.419. The molecular weight excluding hydrogens is 513 g/mol. The molecule has 40 heavy (non-hydrogen) atoms. The fourth-order valence-corrected chi connectivity index (χ4v) is 4.65. The molecule has 2 aromatic carbocycles. The summed E-state index contributed by atoms with van der Waals surface area (Å²) in [5, 5.41) is 3.11. The van der Waals surface area contributed by atoms with Crippen molar-refractivity contribution in [1.29, 1.82) is 0 Å². The number of Topliss-reactive ketones (excluding diaryl/α,β-unsaturated/α-hetero) is 1. The van der Waals surface area contributed by atoms with Crippen molar-refractivity contribution in [2.75, 3.05) is 13.1 Å². The van der Waals surface area contributed by atoms with Gasteiger partial charge in [-0.3, -0.25) is 4.79 Å². The van der Waals surface area contributed by atoms with Crippen LogP contribution in [0.25, 0.3) is 12.2 Å². The van der Waals surface area contributed by atoms with E-state index >= 15 is 0 Å². The van der Waals surface area contributed by atoms with Crippen molar-refractivity contribution in [2.45, 2.75) is 65.6 Å². The van der Waals surface area contributed by atoms with Crippen LogP contribution in [0, 0.1) is 17.0 Å². The molecule has 4 rings (SSSR count). The van der Waals surface area contributed by atoms with Crippen molar-refractivity contribution in [3.05, 3.63) is 82.4 Å². The van der Waals surface area contributed by atoms with Gasteiger partial charge in [0.2, 0.25) is 0 Å². The smallest absolute Gasteiger partial charge is 0.402 e. The van der Waals surface area contributed by atoms with E-state index in [2.05, 4.69) is 5.32 Å². The van der Waals surface area contributed by atoms with Crippen LogP contribution in [0.2, 0.25) is 0 Å². The van der Waals surface area contributed by atoms with E-state index in [1.54, 1.807) is 41.3 Å². The van der Waals surface area contributed by atoms with E-state index < -0.39 is 29.7 Å². The largest absolute Gasteiger partial charge is 0.482 e. The molecule has 2 aliphatic heterocycles. The van der Waals surface area contributed by atoms with Crippen molar-refractivity contribution in [2.24, 2.45) is 5.41 Å². The van der Waals surface area contributed by atoms with Crippen LogP contribution in [-0.2, 0) is 14.1 Å². The molecule has 0 aromatic heterocycles. The molecule has 2 amide bonds. The second kappa shape index (κ2) is 10.9. The third-order valence-corrected chi connectivity index (χ3v) is 7.77. The Hall–Kier alpha value is -3.30. The summed E-state index contributed by atoms with van der Waals surface area (Å²) in [6.45, 7) is 14.0. The Bertz CT molecular complexity index is 1250. The summed E-state index contributed by atoms with van der Waals surface area (Å²) in [5.74, 6) is -1.49. The lowest BCUT2D eigenvalue weighted by Crippen LogP contribution is -2.59. The average Bonchev–Trinajstić information content (AvgIpc) is 3.07. The van der Waals surface area contributed by atoms with Gasteiger partial charge in [-0.25, -0.2) is 13.6 Å². The van der Waals surface area contributed by atoms with E-state index in [1.807, 2.05) is 48.5 Å². The van der Waals surface area contributed by atoms with Gasteiger partial charge in [-0.2, -0.15) is 0 Å². The number of benzene rings is 2. The van der Waals surface area contributed by atoms with Gasteiger partial charge in [-0.05, 0) is 80.7 Å². The first-order valence-corrected chi connectivity index (χ1v) is 13.4. The zero-order valence-corrected chi connectivity index (χ0v) is 24.2. The SMILES string of the molecule is CC(C)(C)[C@H](NC(=O)N1C/C(=C\c2ccc(F)cc2)C(=O)/C(=C/c2ccc(F)cc2)C1)B1OC(C)(C)C(C)(C)O1. The van der Waals surface area contributed by atoms with Gasteiger partial charge >= 0.3 is 13.1 Å². The standard InChI is InChI=1S/C31H37BF2N2O4/c1-29(2,3)27(32-39-30(4,5)31(6,7)40-32)35-28(38)36-18-22(16-20-8-12-24(33)13-9-20)26(37)23(19-36)17-21-10-14-25(34)15-11-21/h8-17,27H,18-19H2,1-7H3,(H,35,38)/b22-16+,23-17+/t27-/m0/s1. The molecule has 6 nitrogen and oxygen atoms in total. The van der Waals surface area contributed by atoms with Gasteiger partial charge in [0.25, 0.3) is 0 Å². The topological polar surface area (TPSA) is 67.9 Å². The molecule has 2 aromatic rings. The van der Waals surface area contributed by atoms with Gasteiger partial charge in [0.15, 0.2) is 5.78 Å². The van der Waals surface area contributed by atoms with Crippen LogP contribution in [-0.4, -0.2) is 54.1 Å². The molecule has 0 spiro atoms.